The van der Waals surface area contributed by atoms with Crippen molar-refractivity contribution in [1.29, 1.82) is 0 Å². The summed E-state index contributed by atoms with van der Waals surface area (Å²) in [5.74, 6) is -3.89. The van der Waals surface area contributed by atoms with E-state index in [9.17, 15) is 13.6 Å². The van der Waals surface area contributed by atoms with Gasteiger partial charge in [-0.25, -0.2) is 13.8 Å². The second kappa shape index (κ2) is 4.75. The number of amides is 1. The normalized spacial score (nSPS) is 10.3. The molecule has 0 fully saturated rings. The summed E-state index contributed by atoms with van der Waals surface area (Å²) in [5, 5.41) is 9.81. The van der Waals surface area contributed by atoms with Crippen LogP contribution in [0.1, 0.15) is 10.4 Å². The van der Waals surface area contributed by atoms with E-state index < -0.39 is 33.3 Å². The molecule has 1 rings (SSSR count). The number of phenols is 1. The van der Waals surface area contributed by atoms with Gasteiger partial charge >= 0.3 is 0 Å². The van der Waals surface area contributed by atoms with E-state index in [-0.39, 0.29) is 0 Å². The molecule has 0 aliphatic heterocycles. The number of rotatable bonds is 2. The molecule has 0 aliphatic carbocycles. The van der Waals surface area contributed by atoms with Crippen molar-refractivity contribution in [2.24, 2.45) is 0 Å². The lowest BCUT2D eigenvalue weighted by Gasteiger charge is -2.14. The first-order chi connectivity index (χ1) is 7.40. The van der Waals surface area contributed by atoms with Gasteiger partial charge in [-0.15, -0.1) is 0 Å². The SMILES string of the molecule is CON(C)C(=O)c1cc(F)c(O)c(Br)c1F. The number of carbonyl (C=O) groups is 1. The molecule has 0 radical (unpaired) electrons. The van der Waals surface area contributed by atoms with Gasteiger partial charge in [0.15, 0.2) is 17.4 Å². The Kier molecular flexibility index (Phi) is 3.82. The minimum atomic E-state index is -1.10. The molecule has 1 N–H and O–H groups in total. The third-order valence-electron chi connectivity index (χ3n) is 1.92. The number of nitrogens with zero attached hydrogens (tertiary/aromatic N) is 1. The predicted octanol–water partition coefficient (Wildman–Crippen LogP) is 2.07. The number of halogens is 3. The molecule has 4 nitrogen and oxygen atoms in total. The van der Waals surface area contributed by atoms with Gasteiger partial charge in [-0.1, -0.05) is 0 Å². The number of aromatic hydroxyl groups is 1. The van der Waals surface area contributed by atoms with Crippen LogP contribution in [0.2, 0.25) is 0 Å². The Morgan fingerprint density at radius 2 is 2.12 bits per heavy atom. The lowest BCUT2D eigenvalue weighted by Crippen LogP contribution is -2.26. The lowest BCUT2D eigenvalue weighted by atomic mass is 10.2. The highest BCUT2D eigenvalue weighted by Gasteiger charge is 2.23. The van der Waals surface area contributed by atoms with Gasteiger partial charge in [0, 0.05) is 7.05 Å². The Morgan fingerprint density at radius 1 is 1.56 bits per heavy atom. The van der Waals surface area contributed by atoms with E-state index in [1.807, 2.05) is 0 Å². The topological polar surface area (TPSA) is 49.8 Å². The van der Waals surface area contributed by atoms with Crippen LogP contribution in [0.3, 0.4) is 0 Å². The van der Waals surface area contributed by atoms with Crippen LogP contribution in [0.15, 0.2) is 10.5 Å². The summed E-state index contributed by atoms with van der Waals surface area (Å²) in [6.07, 6.45) is 0. The van der Waals surface area contributed by atoms with E-state index in [0.717, 1.165) is 5.06 Å². The summed E-state index contributed by atoms with van der Waals surface area (Å²) in [6, 6.07) is 0.604. The maximum atomic E-state index is 13.5. The fourth-order valence-corrected chi connectivity index (χ4v) is 1.40. The van der Waals surface area contributed by atoms with Gasteiger partial charge in [-0.05, 0) is 22.0 Å². The van der Waals surface area contributed by atoms with Crippen LogP contribution in [0, 0.1) is 11.6 Å². The number of benzene rings is 1. The highest BCUT2D eigenvalue weighted by molar-refractivity contribution is 9.10. The van der Waals surface area contributed by atoms with Crippen molar-refractivity contribution in [2.75, 3.05) is 14.2 Å². The van der Waals surface area contributed by atoms with Crippen molar-refractivity contribution in [2.45, 2.75) is 0 Å². The van der Waals surface area contributed by atoms with Gasteiger partial charge in [0.25, 0.3) is 5.91 Å². The number of hydrogen-bond acceptors (Lipinski definition) is 3. The van der Waals surface area contributed by atoms with E-state index in [1.165, 1.54) is 14.2 Å². The first-order valence-electron chi connectivity index (χ1n) is 4.08. The van der Waals surface area contributed by atoms with Gasteiger partial charge in [0.2, 0.25) is 0 Å². The van der Waals surface area contributed by atoms with Crippen LogP contribution >= 0.6 is 15.9 Å². The summed E-state index contributed by atoms with van der Waals surface area (Å²) in [7, 11) is 2.46. The van der Waals surface area contributed by atoms with Crippen LogP contribution in [0.25, 0.3) is 0 Å². The van der Waals surface area contributed by atoms with Crippen LogP contribution in [-0.2, 0) is 4.84 Å². The third-order valence-corrected chi connectivity index (χ3v) is 2.65. The Labute approximate surface area is 98.5 Å². The van der Waals surface area contributed by atoms with Crippen LogP contribution < -0.4 is 0 Å². The molecule has 0 bridgehead atoms. The highest BCUT2D eigenvalue weighted by Crippen LogP contribution is 2.32. The highest BCUT2D eigenvalue weighted by atomic mass is 79.9. The van der Waals surface area contributed by atoms with E-state index in [4.69, 9.17) is 5.11 Å². The smallest absolute Gasteiger partial charge is 0.280 e. The summed E-state index contributed by atoms with van der Waals surface area (Å²) >= 11 is 2.64. The molecule has 7 heteroatoms. The van der Waals surface area contributed by atoms with Crippen molar-refractivity contribution in [1.82, 2.24) is 5.06 Å². The second-order valence-electron chi connectivity index (χ2n) is 2.87. The monoisotopic (exact) mass is 295 g/mol. The molecule has 0 heterocycles. The average molecular weight is 296 g/mol. The molecule has 0 saturated heterocycles. The first-order valence-corrected chi connectivity index (χ1v) is 4.88. The molecular weight excluding hydrogens is 288 g/mol. The van der Waals surface area contributed by atoms with Crippen molar-refractivity contribution in [3.63, 3.8) is 0 Å². The molecule has 88 valence electrons. The minimum Gasteiger partial charge on any atom is -0.504 e. The molecular formula is C9H8BrF2NO3. The van der Waals surface area contributed by atoms with Gasteiger partial charge in [-0.2, -0.15) is 0 Å². The van der Waals surface area contributed by atoms with E-state index in [0.29, 0.717) is 6.07 Å². The Hall–Kier alpha value is -1.21. The minimum absolute atomic E-state index is 0.500. The zero-order chi connectivity index (χ0) is 12.5. The van der Waals surface area contributed by atoms with Crippen molar-refractivity contribution >= 4 is 21.8 Å². The summed E-state index contributed by atoms with van der Waals surface area (Å²) in [4.78, 5) is 16.1. The number of hydroxylamine groups is 2. The second-order valence-corrected chi connectivity index (χ2v) is 3.66. The molecule has 0 spiro atoms. The Balaban J connectivity index is 3.31. The Morgan fingerprint density at radius 3 is 2.62 bits per heavy atom. The predicted molar refractivity (Wildman–Crippen MR) is 54.8 cm³/mol. The molecule has 1 aromatic rings. The third kappa shape index (κ3) is 2.14. The molecule has 0 atom stereocenters. The summed E-state index contributed by atoms with van der Waals surface area (Å²) in [5.41, 5.74) is -0.536. The largest absolute Gasteiger partial charge is 0.504 e. The number of hydrogen-bond donors (Lipinski definition) is 1. The molecule has 0 aliphatic rings. The van der Waals surface area contributed by atoms with E-state index in [1.54, 1.807) is 0 Å². The Bertz CT molecular complexity index is 439. The molecule has 1 amide bonds. The quantitative estimate of drug-likeness (QED) is 0.671. The van der Waals surface area contributed by atoms with Crippen molar-refractivity contribution < 1.29 is 23.5 Å². The van der Waals surface area contributed by atoms with Gasteiger partial charge < -0.3 is 5.11 Å². The maximum Gasteiger partial charge on any atom is 0.280 e. The first kappa shape index (κ1) is 12.9. The van der Waals surface area contributed by atoms with Gasteiger partial charge in [-0.3, -0.25) is 9.63 Å². The summed E-state index contributed by atoms with van der Waals surface area (Å²) < 4.78 is 26.1. The summed E-state index contributed by atoms with van der Waals surface area (Å²) in [6.45, 7) is 0. The fourth-order valence-electron chi connectivity index (χ4n) is 0.994. The van der Waals surface area contributed by atoms with Crippen LogP contribution in [0.4, 0.5) is 8.78 Å². The standard InChI is InChI=1S/C9H8BrF2NO3/c1-13(16-2)9(15)4-3-5(11)8(14)6(10)7(4)12/h3,14H,1-2H3. The maximum absolute atomic E-state index is 13.5. The molecule has 0 unspecified atom stereocenters. The van der Waals surface area contributed by atoms with E-state index >= 15 is 0 Å². The van der Waals surface area contributed by atoms with Crippen molar-refractivity contribution in [3.05, 3.63) is 27.7 Å². The zero-order valence-corrected chi connectivity index (χ0v) is 10.0. The molecule has 1 aromatic carbocycles. The lowest BCUT2D eigenvalue weighted by molar-refractivity contribution is -0.0759. The number of carbonyl (C=O) groups excluding carboxylic acids is 1. The van der Waals surface area contributed by atoms with Crippen LogP contribution in [0.5, 0.6) is 5.75 Å². The van der Waals surface area contributed by atoms with Gasteiger partial charge in [0.05, 0.1) is 17.1 Å². The molecule has 16 heavy (non-hydrogen) atoms. The average Bonchev–Trinajstić information content (AvgIpc) is 2.29. The van der Waals surface area contributed by atoms with Crippen molar-refractivity contribution in [3.8, 4) is 5.75 Å². The zero-order valence-electron chi connectivity index (χ0n) is 8.42. The molecule has 0 saturated carbocycles. The fraction of sp³-hybridized carbons (Fsp3) is 0.222. The van der Waals surface area contributed by atoms with Crippen LogP contribution in [-0.4, -0.2) is 30.2 Å². The van der Waals surface area contributed by atoms with E-state index in [2.05, 4.69) is 20.8 Å². The number of phenolic OH excluding ortho intramolecular Hbond substituents is 1. The van der Waals surface area contributed by atoms with Gasteiger partial charge in [0.1, 0.15) is 0 Å². The molecule has 0 aromatic heterocycles.